The van der Waals surface area contributed by atoms with Crippen LogP contribution in [-0.2, 0) is 10.0 Å². The highest BCUT2D eigenvalue weighted by molar-refractivity contribution is 9.10. The summed E-state index contributed by atoms with van der Waals surface area (Å²) in [6.07, 6.45) is -0.210. The molecule has 1 saturated heterocycles. The molecule has 0 amide bonds. The Morgan fingerprint density at radius 3 is 2.33 bits per heavy atom. The van der Waals surface area contributed by atoms with Crippen molar-refractivity contribution in [3.05, 3.63) is 26.7 Å². The fraction of sp³-hybridized carbons (Fsp3) is 0.400. The van der Waals surface area contributed by atoms with E-state index >= 15 is 0 Å². The van der Waals surface area contributed by atoms with Crippen molar-refractivity contribution in [3.63, 3.8) is 0 Å². The molecule has 0 spiro atoms. The zero-order valence-electron chi connectivity index (χ0n) is 9.11. The number of hydrogen-bond acceptors (Lipinski definition) is 3. The molecule has 1 fully saturated rings. The molecule has 1 aromatic rings. The first-order valence-electron chi connectivity index (χ1n) is 5.15. The number of benzene rings is 1. The lowest BCUT2D eigenvalue weighted by Gasteiger charge is -2.17. The van der Waals surface area contributed by atoms with Crippen LogP contribution in [0.3, 0.4) is 0 Å². The fourth-order valence-electron chi connectivity index (χ4n) is 1.83. The van der Waals surface area contributed by atoms with Crippen LogP contribution in [0, 0.1) is 0 Å². The van der Waals surface area contributed by atoms with E-state index in [1.807, 2.05) is 0 Å². The molecule has 0 bridgehead atoms. The molecule has 1 heterocycles. The summed E-state index contributed by atoms with van der Waals surface area (Å²) in [5, 5.41) is 9.54. The first-order valence-corrected chi connectivity index (χ1v) is 8.14. The quantitative estimate of drug-likeness (QED) is 0.865. The number of aliphatic hydroxyl groups is 1. The van der Waals surface area contributed by atoms with E-state index < -0.39 is 16.1 Å². The monoisotopic (exact) mass is 373 g/mol. The van der Waals surface area contributed by atoms with E-state index in [0.717, 1.165) is 0 Å². The molecule has 18 heavy (non-hydrogen) atoms. The van der Waals surface area contributed by atoms with Crippen LogP contribution in [0.1, 0.15) is 6.42 Å². The molecule has 0 saturated carbocycles. The van der Waals surface area contributed by atoms with Crippen molar-refractivity contribution in [2.24, 2.45) is 0 Å². The van der Waals surface area contributed by atoms with Gasteiger partial charge in [0.2, 0.25) is 10.0 Å². The number of hydrogen-bond donors (Lipinski definition) is 1. The Morgan fingerprint density at radius 1 is 1.33 bits per heavy atom. The molecule has 8 heteroatoms. The second-order valence-electron chi connectivity index (χ2n) is 4.00. The van der Waals surface area contributed by atoms with Gasteiger partial charge in [-0.1, -0.05) is 39.1 Å². The van der Waals surface area contributed by atoms with Gasteiger partial charge in [-0.25, -0.2) is 8.42 Å². The van der Waals surface area contributed by atoms with Crippen molar-refractivity contribution >= 4 is 49.2 Å². The SMILES string of the molecule is O=S(=O)(c1c(Cl)cc(Br)cc1Cl)N1CC[C@H](O)C1. The predicted octanol–water partition coefficient (Wildman–Crippen LogP) is 2.51. The molecular formula is C10H10BrCl2NO3S. The second kappa shape index (κ2) is 5.26. The molecule has 1 aliphatic rings. The van der Waals surface area contributed by atoms with Gasteiger partial charge in [0.25, 0.3) is 0 Å². The summed E-state index contributed by atoms with van der Waals surface area (Å²) in [5.41, 5.74) is 0. The third-order valence-corrected chi connectivity index (χ3v) is 5.93. The normalized spacial score (nSPS) is 21.4. The minimum Gasteiger partial charge on any atom is -0.392 e. The average molecular weight is 375 g/mol. The zero-order chi connectivity index (χ0) is 13.5. The summed E-state index contributed by atoms with van der Waals surface area (Å²) in [6, 6.07) is 2.96. The molecule has 1 N–H and O–H groups in total. The second-order valence-corrected chi connectivity index (χ2v) is 7.61. The molecule has 4 nitrogen and oxygen atoms in total. The zero-order valence-corrected chi connectivity index (χ0v) is 13.0. The number of sulfonamides is 1. The molecule has 2 rings (SSSR count). The van der Waals surface area contributed by atoms with Crippen LogP contribution >= 0.6 is 39.1 Å². The largest absolute Gasteiger partial charge is 0.392 e. The van der Waals surface area contributed by atoms with Gasteiger partial charge in [-0.05, 0) is 18.6 Å². The van der Waals surface area contributed by atoms with Crippen molar-refractivity contribution in [2.45, 2.75) is 17.4 Å². The highest BCUT2D eigenvalue weighted by Crippen LogP contribution is 2.35. The van der Waals surface area contributed by atoms with E-state index in [0.29, 0.717) is 10.9 Å². The lowest BCUT2D eigenvalue weighted by atomic mass is 10.3. The summed E-state index contributed by atoms with van der Waals surface area (Å²) in [7, 11) is -3.76. The maximum Gasteiger partial charge on any atom is 0.246 e. The van der Waals surface area contributed by atoms with Gasteiger partial charge >= 0.3 is 0 Å². The number of aliphatic hydroxyl groups excluding tert-OH is 1. The predicted molar refractivity (Wildman–Crippen MR) is 73.5 cm³/mol. The van der Waals surface area contributed by atoms with Crippen LogP contribution < -0.4 is 0 Å². The lowest BCUT2D eigenvalue weighted by Crippen LogP contribution is -2.30. The van der Waals surface area contributed by atoms with Gasteiger partial charge in [0.1, 0.15) is 4.90 Å². The Bertz CT molecular complexity index is 555. The van der Waals surface area contributed by atoms with Gasteiger partial charge in [-0.15, -0.1) is 0 Å². The first-order chi connectivity index (χ1) is 8.32. The number of rotatable bonds is 2. The first kappa shape index (κ1) is 14.6. The van der Waals surface area contributed by atoms with Crippen molar-refractivity contribution < 1.29 is 13.5 Å². The molecule has 1 atom stereocenters. The third kappa shape index (κ3) is 2.69. The van der Waals surface area contributed by atoms with E-state index in [1.54, 1.807) is 0 Å². The van der Waals surface area contributed by atoms with Gasteiger partial charge in [-0.2, -0.15) is 4.31 Å². The van der Waals surface area contributed by atoms with Crippen molar-refractivity contribution in [2.75, 3.05) is 13.1 Å². The highest BCUT2D eigenvalue weighted by Gasteiger charge is 2.34. The summed E-state index contributed by atoms with van der Waals surface area (Å²) in [4.78, 5) is -0.108. The molecule has 1 aromatic carbocycles. The Balaban J connectivity index is 2.48. The molecular weight excluding hydrogens is 365 g/mol. The van der Waals surface area contributed by atoms with Gasteiger partial charge in [0.05, 0.1) is 16.1 Å². The Labute approximate surface area is 124 Å². The van der Waals surface area contributed by atoms with Gasteiger partial charge < -0.3 is 5.11 Å². The van der Waals surface area contributed by atoms with Gasteiger partial charge in [0.15, 0.2) is 0 Å². The van der Waals surface area contributed by atoms with Crippen LogP contribution in [-0.4, -0.2) is 37.0 Å². The van der Waals surface area contributed by atoms with Gasteiger partial charge in [-0.3, -0.25) is 0 Å². The maximum absolute atomic E-state index is 12.4. The van der Waals surface area contributed by atoms with Crippen molar-refractivity contribution in [1.29, 1.82) is 0 Å². The maximum atomic E-state index is 12.4. The summed E-state index contributed by atoms with van der Waals surface area (Å²) in [5.74, 6) is 0. The average Bonchev–Trinajstić information content (AvgIpc) is 2.63. The molecule has 0 aliphatic carbocycles. The van der Waals surface area contributed by atoms with E-state index in [1.165, 1.54) is 16.4 Å². The van der Waals surface area contributed by atoms with Crippen molar-refractivity contribution in [3.8, 4) is 0 Å². The fourth-order valence-corrected chi connectivity index (χ4v) is 5.21. The van der Waals surface area contributed by atoms with E-state index in [-0.39, 0.29) is 28.0 Å². The minimum atomic E-state index is -3.76. The summed E-state index contributed by atoms with van der Waals surface area (Å²) < 4.78 is 26.5. The molecule has 0 aromatic heterocycles. The highest BCUT2D eigenvalue weighted by atomic mass is 79.9. The minimum absolute atomic E-state index is 0.0655. The number of nitrogens with zero attached hydrogens (tertiary/aromatic N) is 1. The number of β-amino-alcohol motifs (C(OH)–C–C–N with tert-alkyl or cyclic N) is 1. The lowest BCUT2D eigenvalue weighted by molar-refractivity contribution is 0.189. The van der Waals surface area contributed by atoms with Crippen LogP contribution in [0.15, 0.2) is 21.5 Å². The molecule has 100 valence electrons. The standard InChI is InChI=1S/C10H10BrCl2NO3S/c11-6-3-8(12)10(9(13)4-6)18(16,17)14-2-1-7(15)5-14/h3-4,7,15H,1-2,5H2/t7-/m0/s1. The smallest absolute Gasteiger partial charge is 0.246 e. The Hall–Kier alpha value is 0.150. The summed E-state index contributed by atoms with van der Waals surface area (Å²) >= 11 is 15.1. The Kier molecular flexibility index (Phi) is 4.26. The third-order valence-electron chi connectivity index (χ3n) is 2.69. The molecule has 0 unspecified atom stereocenters. The van der Waals surface area contributed by atoms with E-state index in [2.05, 4.69) is 15.9 Å². The molecule has 0 radical (unpaired) electrons. The van der Waals surface area contributed by atoms with Crippen LogP contribution in [0.2, 0.25) is 10.0 Å². The van der Waals surface area contributed by atoms with Crippen molar-refractivity contribution in [1.82, 2.24) is 4.31 Å². The van der Waals surface area contributed by atoms with Gasteiger partial charge in [0, 0.05) is 17.6 Å². The number of halogens is 3. The topological polar surface area (TPSA) is 57.6 Å². The van der Waals surface area contributed by atoms with Crippen LogP contribution in [0.4, 0.5) is 0 Å². The van der Waals surface area contributed by atoms with E-state index in [9.17, 15) is 13.5 Å². The summed E-state index contributed by atoms with van der Waals surface area (Å²) in [6.45, 7) is 0.345. The van der Waals surface area contributed by atoms with Crippen LogP contribution in [0.25, 0.3) is 0 Å². The van der Waals surface area contributed by atoms with Crippen LogP contribution in [0.5, 0.6) is 0 Å². The van der Waals surface area contributed by atoms with E-state index in [4.69, 9.17) is 23.2 Å². The molecule has 1 aliphatic heterocycles. The Morgan fingerprint density at radius 2 is 1.89 bits per heavy atom.